The van der Waals surface area contributed by atoms with Crippen LogP contribution in [0.1, 0.15) is 18.2 Å². The molecule has 0 radical (unpaired) electrons. The Morgan fingerprint density at radius 2 is 2.08 bits per heavy atom. The second-order valence-corrected chi connectivity index (χ2v) is 5.17. The molecule has 0 saturated heterocycles. The van der Waals surface area contributed by atoms with Crippen molar-refractivity contribution in [2.24, 2.45) is 0 Å². The van der Waals surface area contributed by atoms with Crippen LogP contribution in [0.3, 0.4) is 0 Å². The highest BCUT2D eigenvalue weighted by atomic mass is 16.5. The zero-order valence-electron chi connectivity index (χ0n) is 14.1. The van der Waals surface area contributed by atoms with E-state index in [1.807, 2.05) is 37.3 Å². The molecule has 0 saturated carbocycles. The van der Waals surface area contributed by atoms with E-state index >= 15 is 0 Å². The summed E-state index contributed by atoms with van der Waals surface area (Å²) in [5, 5.41) is 4.20. The van der Waals surface area contributed by atoms with Gasteiger partial charge in [0.1, 0.15) is 6.73 Å². The van der Waals surface area contributed by atoms with Gasteiger partial charge in [0.05, 0.1) is 18.8 Å². The van der Waals surface area contributed by atoms with Crippen molar-refractivity contribution in [2.75, 3.05) is 18.6 Å². The highest BCUT2D eigenvalue weighted by molar-refractivity contribution is 6.00. The molecule has 0 unspecified atom stereocenters. The number of hydrogen-bond acceptors (Lipinski definition) is 4. The topological polar surface area (TPSA) is 56.6 Å². The summed E-state index contributed by atoms with van der Waals surface area (Å²) in [6.07, 6.45) is 3.00. The molecular weight excluding hydrogens is 306 g/mol. The van der Waals surface area contributed by atoms with E-state index < -0.39 is 0 Å². The first-order valence-corrected chi connectivity index (χ1v) is 7.79. The maximum absolute atomic E-state index is 12.3. The molecule has 128 valence electrons. The highest BCUT2D eigenvalue weighted by Crippen LogP contribution is 2.19. The molecule has 2 rings (SSSR count). The van der Waals surface area contributed by atoms with Crippen molar-refractivity contribution >= 4 is 11.6 Å². The molecule has 1 amide bonds. The van der Waals surface area contributed by atoms with Crippen LogP contribution in [-0.2, 0) is 34.2 Å². The van der Waals surface area contributed by atoms with Crippen LogP contribution in [0.15, 0.2) is 49.2 Å². The minimum Gasteiger partial charge on any atom is -0.377 e. The number of benzene rings is 1. The van der Waals surface area contributed by atoms with Crippen LogP contribution in [0.2, 0.25) is 0 Å². The van der Waals surface area contributed by atoms with Gasteiger partial charge in [0.2, 0.25) is 0 Å². The van der Waals surface area contributed by atoms with Crippen LogP contribution in [-0.4, -0.2) is 29.4 Å². The fourth-order valence-corrected chi connectivity index (χ4v) is 2.29. The number of nitrogens with zero attached hydrogens (tertiary/aromatic N) is 3. The lowest BCUT2D eigenvalue weighted by Gasteiger charge is -2.22. The lowest BCUT2D eigenvalue weighted by atomic mass is 10.2. The Balaban J connectivity index is 2.20. The first-order chi connectivity index (χ1) is 11.7. The maximum Gasteiger partial charge on any atom is 0.250 e. The van der Waals surface area contributed by atoms with E-state index in [1.165, 1.54) is 6.08 Å². The molecule has 0 N–H and O–H groups in total. The number of anilines is 1. The molecule has 6 nitrogen and oxygen atoms in total. The Morgan fingerprint density at radius 3 is 2.71 bits per heavy atom. The Labute approximate surface area is 142 Å². The van der Waals surface area contributed by atoms with E-state index in [0.717, 1.165) is 16.9 Å². The van der Waals surface area contributed by atoms with Crippen LogP contribution >= 0.6 is 0 Å². The van der Waals surface area contributed by atoms with Gasteiger partial charge in [-0.25, -0.2) is 4.68 Å². The third-order valence-corrected chi connectivity index (χ3v) is 3.54. The fourth-order valence-electron chi connectivity index (χ4n) is 2.29. The summed E-state index contributed by atoms with van der Waals surface area (Å²) in [6, 6.07) is 9.60. The zero-order valence-corrected chi connectivity index (χ0v) is 14.1. The second-order valence-electron chi connectivity index (χ2n) is 5.17. The van der Waals surface area contributed by atoms with Gasteiger partial charge in [-0.15, -0.1) is 0 Å². The number of amides is 1. The molecule has 0 aliphatic carbocycles. The number of ether oxygens (including phenoxy) is 2. The quantitative estimate of drug-likeness (QED) is 0.664. The van der Waals surface area contributed by atoms with E-state index in [-0.39, 0.29) is 5.91 Å². The lowest BCUT2D eigenvalue weighted by Crippen LogP contribution is -2.29. The highest BCUT2D eigenvalue weighted by Gasteiger charge is 2.16. The van der Waals surface area contributed by atoms with Crippen LogP contribution in [0.25, 0.3) is 0 Å². The third-order valence-electron chi connectivity index (χ3n) is 3.54. The van der Waals surface area contributed by atoms with Gasteiger partial charge in [0.15, 0.2) is 0 Å². The third kappa shape index (κ3) is 4.53. The Kier molecular flexibility index (Phi) is 6.72. The molecule has 24 heavy (non-hydrogen) atoms. The van der Waals surface area contributed by atoms with Crippen molar-refractivity contribution in [1.82, 2.24) is 9.78 Å². The van der Waals surface area contributed by atoms with Gasteiger partial charge >= 0.3 is 0 Å². The van der Waals surface area contributed by atoms with Gasteiger partial charge < -0.3 is 14.4 Å². The molecule has 0 spiro atoms. The van der Waals surface area contributed by atoms with E-state index in [1.54, 1.807) is 22.9 Å². The van der Waals surface area contributed by atoms with Crippen molar-refractivity contribution in [2.45, 2.75) is 26.8 Å². The average Bonchev–Trinajstić information content (AvgIpc) is 3.05. The Bertz CT molecular complexity index is 664. The molecule has 0 fully saturated rings. The predicted molar refractivity (Wildman–Crippen MR) is 92.4 cm³/mol. The van der Waals surface area contributed by atoms with Crippen molar-refractivity contribution in [3.63, 3.8) is 0 Å². The van der Waals surface area contributed by atoms with Crippen LogP contribution in [0, 0.1) is 0 Å². The molecule has 0 atom stereocenters. The number of carbonyl (C=O) groups is 1. The monoisotopic (exact) mass is 329 g/mol. The lowest BCUT2D eigenvalue weighted by molar-refractivity contribution is -0.114. The molecular formula is C18H23N3O3. The van der Waals surface area contributed by atoms with Crippen molar-refractivity contribution in [3.05, 3.63) is 60.4 Å². The van der Waals surface area contributed by atoms with Gasteiger partial charge in [0, 0.05) is 25.6 Å². The summed E-state index contributed by atoms with van der Waals surface area (Å²) in [5.74, 6) is -0.169. The van der Waals surface area contributed by atoms with Gasteiger partial charge in [-0.1, -0.05) is 18.7 Å². The molecule has 0 bridgehead atoms. The number of methoxy groups -OCH3 is 1. The Hall–Kier alpha value is -2.44. The zero-order chi connectivity index (χ0) is 17.4. The first kappa shape index (κ1) is 17.9. The van der Waals surface area contributed by atoms with Gasteiger partial charge in [-0.05, 0) is 36.8 Å². The fraction of sp³-hybridized carbons (Fsp3) is 0.333. The normalized spacial score (nSPS) is 10.6. The standard InChI is InChI=1S/C18H23N3O3/c1-4-18(22)20(12-17-10-11-19-21(17)14-23-3)16-8-6-15(7-9-16)13-24-5-2/h4,6-11H,1,5,12-14H2,2-3H3. The summed E-state index contributed by atoms with van der Waals surface area (Å²) in [5.41, 5.74) is 2.74. The number of aromatic nitrogens is 2. The smallest absolute Gasteiger partial charge is 0.250 e. The summed E-state index contributed by atoms with van der Waals surface area (Å²) in [4.78, 5) is 13.9. The van der Waals surface area contributed by atoms with Gasteiger partial charge in [-0.2, -0.15) is 5.10 Å². The van der Waals surface area contributed by atoms with Crippen LogP contribution in [0.4, 0.5) is 5.69 Å². The summed E-state index contributed by atoms with van der Waals surface area (Å²) in [7, 11) is 1.61. The molecule has 0 aliphatic rings. The van der Waals surface area contributed by atoms with Crippen LogP contribution < -0.4 is 4.90 Å². The SMILES string of the molecule is C=CC(=O)N(Cc1ccnn1COC)c1ccc(COCC)cc1. The van der Waals surface area contributed by atoms with Crippen molar-refractivity contribution in [3.8, 4) is 0 Å². The maximum atomic E-state index is 12.3. The minimum atomic E-state index is -0.169. The van der Waals surface area contributed by atoms with E-state index in [0.29, 0.717) is 26.5 Å². The number of hydrogen-bond donors (Lipinski definition) is 0. The molecule has 1 aromatic heterocycles. The summed E-state index contributed by atoms with van der Waals surface area (Å²) in [6.45, 7) is 7.52. The molecule has 1 aromatic carbocycles. The largest absolute Gasteiger partial charge is 0.377 e. The minimum absolute atomic E-state index is 0.169. The van der Waals surface area contributed by atoms with Gasteiger partial charge in [0.25, 0.3) is 5.91 Å². The predicted octanol–water partition coefficient (Wildman–Crippen LogP) is 2.74. The van der Waals surface area contributed by atoms with Crippen molar-refractivity contribution in [1.29, 1.82) is 0 Å². The second kappa shape index (κ2) is 9.00. The molecule has 6 heteroatoms. The summed E-state index contributed by atoms with van der Waals surface area (Å²) < 4.78 is 12.2. The van der Waals surface area contributed by atoms with Crippen LogP contribution in [0.5, 0.6) is 0 Å². The summed E-state index contributed by atoms with van der Waals surface area (Å²) >= 11 is 0. The molecule has 2 aromatic rings. The van der Waals surface area contributed by atoms with Crippen molar-refractivity contribution < 1.29 is 14.3 Å². The van der Waals surface area contributed by atoms with E-state index in [2.05, 4.69) is 11.7 Å². The Morgan fingerprint density at radius 1 is 1.33 bits per heavy atom. The number of carbonyl (C=O) groups excluding carboxylic acids is 1. The molecule has 1 heterocycles. The first-order valence-electron chi connectivity index (χ1n) is 7.79. The van der Waals surface area contributed by atoms with E-state index in [9.17, 15) is 4.79 Å². The number of rotatable bonds is 9. The average molecular weight is 329 g/mol. The van der Waals surface area contributed by atoms with E-state index in [4.69, 9.17) is 9.47 Å². The molecule has 0 aliphatic heterocycles. The van der Waals surface area contributed by atoms with Gasteiger partial charge in [-0.3, -0.25) is 4.79 Å².